The number of hydrogen-bond acceptors (Lipinski definition) is 3. The zero-order chi connectivity index (χ0) is 14.5. The van der Waals surface area contributed by atoms with Crippen molar-refractivity contribution >= 4 is 11.3 Å². The Balaban J connectivity index is 2.80. The normalized spacial score (nSPS) is 12.4. The molecule has 2 nitrogen and oxygen atoms in total. The smallest absolute Gasteiger partial charge is 0.312 e. The largest absolute Gasteiger partial charge is 0.434 e. The highest BCUT2D eigenvalue weighted by Gasteiger charge is 2.37. The van der Waals surface area contributed by atoms with Crippen LogP contribution in [0.1, 0.15) is 49.2 Å². The fraction of sp³-hybridized carbons (Fsp3) is 0.769. The molecule has 110 valence electrons. The summed E-state index contributed by atoms with van der Waals surface area (Å²) in [7, 11) is 0. The predicted molar refractivity (Wildman–Crippen MR) is 72.3 cm³/mol. The molecule has 1 N–H and O–H groups in total. The molecular formula is C13H21F3N2S. The van der Waals surface area contributed by atoms with Gasteiger partial charge in [-0.05, 0) is 31.7 Å². The second kappa shape index (κ2) is 7.24. The van der Waals surface area contributed by atoms with Crippen molar-refractivity contribution in [2.45, 2.75) is 52.8 Å². The van der Waals surface area contributed by atoms with E-state index in [-0.39, 0.29) is 6.54 Å². The van der Waals surface area contributed by atoms with Gasteiger partial charge in [-0.2, -0.15) is 13.2 Å². The number of aromatic nitrogens is 1. The van der Waals surface area contributed by atoms with E-state index in [1.807, 2.05) is 6.92 Å². The standard InChI is InChI=1S/C13H21F3N2S/c1-4-7-17-8-10-12(13(14,15)16)18-11(19-10)6-5-9(2)3/h9,17H,4-8H2,1-3H3. The van der Waals surface area contributed by atoms with Crippen LogP contribution in [0.5, 0.6) is 0 Å². The van der Waals surface area contributed by atoms with Gasteiger partial charge < -0.3 is 5.32 Å². The first-order valence-electron chi connectivity index (χ1n) is 6.61. The van der Waals surface area contributed by atoms with E-state index >= 15 is 0 Å². The molecule has 0 radical (unpaired) electrons. The summed E-state index contributed by atoms with van der Waals surface area (Å²) in [6.07, 6.45) is -1.96. The molecule has 0 atom stereocenters. The highest BCUT2D eigenvalue weighted by atomic mass is 32.1. The van der Waals surface area contributed by atoms with Crippen molar-refractivity contribution in [1.29, 1.82) is 0 Å². The molecule has 1 aromatic heterocycles. The molecule has 6 heteroatoms. The average Bonchev–Trinajstić information content (AvgIpc) is 2.70. The molecule has 1 heterocycles. The first-order valence-corrected chi connectivity index (χ1v) is 7.42. The van der Waals surface area contributed by atoms with Gasteiger partial charge in [-0.25, -0.2) is 4.98 Å². The van der Waals surface area contributed by atoms with Crippen LogP contribution >= 0.6 is 11.3 Å². The van der Waals surface area contributed by atoms with Crippen molar-refractivity contribution in [3.63, 3.8) is 0 Å². The van der Waals surface area contributed by atoms with Gasteiger partial charge in [-0.15, -0.1) is 11.3 Å². The minimum atomic E-state index is -4.35. The van der Waals surface area contributed by atoms with E-state index in [1.54, 1.807) is 0 Å². The van der Waals surface area contributed by atoms with Gasteiger partial charge >= 0.3 is 6.18 Å². The van der Waals surface area contributed by atoms with Crippen molar-refractivity contribution in [1.82, 2.24) is 10.3 Å². The molecule has 0 aliphatic heterocycles. The van der Waals surface area contributed by atoms with Gasteiger partial charge in [-0.3, -0.25) is 0 Å². The summed E-state index contributed by atoms with van der Waals surface area (Å²) in [5, 5.41) is 3.60. The lowest BCUT2D eigenvalue weighted by molar-refractivity contribution is -0.141. The Hall–Kier alpha value is -0.620. The Morgan fingerprint density at radius 1 is 1.32 bits per heavy atom. The topological polar surface area (TPSA) is 24.9 Å². The lowest BCUT2D eigenvalue weighted by Gasteiger charge is -2.06. The Kier molecular flexibility index (Phi) is 6.26. The van der Waals surface area contributed by atoms with Gasteiger partial charge in [0.25, 0.3) is 0 Å². The first-order chi connectivity index (χ1) is 8.84. The summed E-state index contributed by atoms with van der Waals surface area (Å²) in [4.78, 5) is 4.09. The van der Waals surface area contributed by atoms with Crippen molar-refractivity contribution < 1.29 is 13.2 Å². The van der Waals surface area contributed by atoms with E-state index in [4.69, 9.17) is 0 Å². The maximum atomic E-state index is 12.9. The molecule has 0 fully saturated rings. The third kappa shape index (κ3) is 5.48. The van der Waals surface area contributed by atoms with E-state index < -0.39 is 11.9 Å². The van der Waals surface area contributed by atoms with Crippen molar-refractivity contribution in [3.05, 3.63) is 15.6 Å². The number of thiazole rings is 1. The van der Waals surface area contributed by atoms with Crippen molar-refractivity contribution in [2.24, 2.45) is 5.92 Å². The van der Waals surface area contributed by atoms with Crippen LogP contribution in [0.4, 0.5) is 13.2 Å². The van der Waals surface area contributed by atoms with Gasteiger partial charge in [-0.1, -0.05) is 20.8 Å². The third-order valence-corrected chi connectivity index (χ3v) is 3.77. The Bertz CT molecular complexity index is 386. The predicted octanol–water partition coefficient (Wildman–Crippen LogP) is 4.25. The first kappa shape index (κ1) is 16.4. The lowest BCUT2D eigenvalue weighted by Crippen LogP contribution is -2.17. The maximum absolute atomic E-state index is 12.9. The van der Waals surface area contributed by atoms with Crippen LogP contribution in [0, 0.1) is 5.92 Å². The van der Waals surface area contributed by atoms with Gasteiger partial charge in [0, 0.05) is 6.54 Å². The van der Waals surface area contributed by atoms with E-state index in [1.165, 1.54) is 11.3 Å². The maximum Gasteiger partial charge on any atom is 0.434 e. The summed E-state index contributed by atoms with van der Waals surface area (Å²) >= 11 is 1.19. The van der Waals surface area contributed by atoms with Crippen LogP contribution in [0.25, 0.3) is 0 Å². The van der Waals surface area contributed by atoms with Crippen LogP contribution in [0.2, 0.25) is 0 Å². The zero-order valence-electron chi connectivity index (χ0n) is 11.6. The third-order valence-electron chi connectivity index (χ3n) is 2.66. The molecule has 0 bridgehead atoms. The quantitative estimate of drug-likeness (QED) is 0.760. The summed E-state index contributed by atoms with van der Waals surface area (Å²) in [5.41, 5.74) is -0.708. The number of halogens is 3. The molecule has 1 rings (SSSR count). The molecule has 0 saturated carbocycles. The monoisotopic (exact) mass is 294 g/mol. The van der Waals surface area contributed by atoms with Crippen molar-refractivity contribution in [2.75, 3.05) is 6.54 Å². The molecule has 0 amide bonds. The minimum Gasteiger partial charge on any atom is -0.312 e. The molecule has 0 aromatic carbocycles. The average molecular weight is 294 g/mol. The molecule has 19 heavy (non-hydrogen) atoms. The summed E-state index contributed by atoms with van der Waals surface area (Å²) in [6, 6.07) is 0. The van der Waals surface area contributed by atoms with Crippen LogP contribution in [-0.4, -0.2) is 11.5 Å². The van der Waals surface area contributed by atoms with Crippen molar-refractivity contribution in [3.8, 4) is 0 Å². The molecule has 0 aliphatic rings. The number of alkyl halides is 3. The van der Waals surface area contributed by atoms with Crippen LogP contribution < -0.4 is 5.32 Å². The fourth-order valence-electron chi connectivity index (χ4n) is 1.64. The second-order valence-corrected chi connectivity index (χ2v) is 6.15. The fourth-order valence-corrected chi connectivity index (χ4v) is 2.71. The SMILES string of the molecule is CCCNCc1sc(CCC(C)C)nc1C(F)(F)F. The number of rotatable bonds is 7. The van der Waals surface area contributed by atoms with Crippen LogP contribution in [0.3, 0.4) is 0 Å². The molecule has 0 aliphatic carbocycles. The molecule has 0 unspecified atom stereocenters. The Morgan fingerprint density at radius 3 is 2.53 bits per heavy atom. The number of aryl methyl sites for hydroxylation is 1. The Morgan fingerprint density at radius 2 is 2.00 bits per heavy atom. The van der Waals surface area contributed by atoms with E-state index in [0.29, 0.717) is 22.2 Å². The minimum absolute atomic E-state index is 0.252. The van der Waals surface area contributed by atoms with Gasteiger partial charge in [0.2, 0.25) is 0 Å². The lowest BCUT2D eigenvalue weighted by atomic mass is 10.1. The van der Waals surface area contributed by atoms with E-state index in [0.717, 1.165) is 19.4 Å². The van der Waals surface area contributed by atoms with E-state index in [2.05, 4.69) is 24.1 Å². The van der Waals surface area contributed by atoms with Crippen LogP contribution in [-0.2, 0) is 19.1 Å². The van der Waals surface area contributed by atoms with Crippen LogP contribution in [0.15, 0.2) is 0 Å². The molecular weight excluding hydrogens is 273 g/mol. The highest BCUT2D eigenvalue weighted by molar-refractivity contribution is 7.11. The summed E-state index contributed by atoms with van der Waals surface area (Å²) < 4.78 is 38.7. The van der Waals surface area contributed by atoms with Gasteiger partial charge in [0.05, 0.1) is 9.88 Å². The molecule has 0 saturated heterocycles. The molecule has 1 aromatic rings. The Labute approximate surface area is 116 Å². The number of nitrogens with one attached hydrogen (secondary N) is 1. The highest BCUT2D eigenvalue weighted by Crippen LogP contribution is 2.34. The molecule has 0 spiro atoms. The van der Waals surface area contributed by atoms with E-state index in [9.17, 15) is 13.2 Å². The number of hydrogen-bond donors (Lipinski definition) is 1. The van der Waals surface area contributed by atoms with Gasteiger partial charge in [0.1, 0.15) is 0 Å². The zero-order valence-corrected chi connectivity index (χ0v) is 12.4. The summed E-state index contributed by atoms with van der Waals surface area (Å²) in [5.74, 6) is 0.472. The van der Waals surface area contributed by atoms with Gasteiger partial charge in [0.15, 0.2) is 5.69 Å². The summed E-state index contributed by atoms with van der Waals surface area (Å²) in [6.45, 7) is 7.07. The second-order valence-electron chi connectivity index (χ2n) is 4.99. The number of nitrogens with zero attached hydrogens (tertiary/aromatic N) is 1.